The fourth-order valence-electron chi connectivity index (χ4n) is 1.06. The maximum atomic E-state index is 5.94. The van der Waals surface area contributed by atoms with Gasteiger partial charge in [-0.25, -0.2) is 0 Å². The molecule has 4 heteroatoms. The molecule has 1 aromatic heterocycles. The number of thiophene rings is 1. The van der Waals surface area contributed by atoms with Crippen LogP contribution in [0.5, 0.6) is 0 Å². The van der Waals surface area contributed by atoms with Gasteiger partial charge in [-0.1, -0.05) is 31.9 Å². The molecule has 0 bridgehead atoms. The van der Waals surface area contributed by atoms with Crippen LogP contribution in [-0.4, -0.2) is 6.54 Å². The molecule has 0 aliphatic heterocycles. The first-order chi connectivity index (χ1) is 6.63. The molecule has 1 unspecified atom stereocenters. The van der Waals surface area contributed by atoms with Crippen LogP contribution in [0, 0.1) is 5.92 Å². The van der Waals surface area contributed by atoms with Gasteiger partial charge >= 0.3 is 0 Å². The molecule has 14 heavy (non-hydrogen) atoms. The van der Waals surface area contributed by atoms with Crippen LogP contribution >= 0.6 is 38.9 Å². The molecule has 0 amide bonds. The van der Waals surface area contributed by atoms with Crippen molar-refractivity contribution in [2.24, 2.45) is 5.92 Å². The number of halogens is 2. The minimum Gasteiger partial charge on any atom is -0.312 e. The largest absolute Gasteiger partial charge is 0.312 e. The van der Waals surface area contributed by atoms with Crippen molar-refractivity contribution in [3.63, 3.8) is 0 Å². The molecule has 1 rings (SSSR count). The summed E-state index contributed by atoms with van der Waals surface area (Å²) in [5.74, 6) is 0.744. The summed E-state index contributed by atoms with van der Waals surface area (Å²) in [5, 5.41) is 3.42. The van der Waals surface area contributed by atoms with E-state index in [0.717, 1.165) is 27.8 Å². The standard InChI is InChI=1S/C10H15BrClNS/c1-3-7(2)5-13-6-8-4-9(11)10(12)14-8/h4,7,13H,3,5-6H2,1-2H3. The highest BCUT2D eigenvalue weighted by atomic mass is 79.9. The van der Waals surface area contributed by atoms with Gasteiger partial charge in [-0.05, 0) is 34.5 Å². The second kappa shape index (κ2) is 6.11. The van der Waals surface area contributed by atoms with Gasteiger partial charge in [0.15, 0.2) is 0 Å². The van der Waals surface area contributed by atoms with E-state index in [9.17, 15) is 0 Å². The van der Waals surface area contributed by atoms with Crippen LogP contribution in [-0.2, 0) is 6.54 Å². The predicted octanol–water partition coefficient (Wildman–Crippen LogP) is 4.30. The lowest BCUT2D eigenvalue weighted by Gasteiger charge is -2.08. The number of rotatable bonds is 5. The maximum Gasteiger partial charge on any atom is 0.107 e. The van der Waals surface area contributed by atoms with Gasteiger partial charge in [-0.15, -0.1) is 11.3 Å². The highest BCUT2D eigenvalue weighted by molar-refractivity contribution is 9.10. The molecule has 0 saturated heterocycles. The molecule has 0 spiro atoms. The van der Waals surface area contributed by atoms with Crippen LogP contribution in [0.2, 0.25) is 4.34 Å². The highest BCUT2D eigenvalue weighted by Crippen LogP contribution is 2.31. The van der Waals surface area contributed by atoms with Crippen molar-refractivity contribution in [1.82, 2.24) is 5.32 Å². The van der Waals surface area contributed by atoms with E-state index in [-0.39, 0.29) is 0 Å². The van der Waals surface area contributed by atoms with E-state index in [0.29, 0.717) is 0 Å². The van der Waals surface area contributed by atoms with E-state index < -0.39 is 0 Å². The molecule has 0 aliphatic carbocycles. The summed E-state index contributed by atoms with van der Waals surface area (Å²) in [6, 6.07) is 2.08. The molecule has 0 aliphatic rings. The summed E-state index contributed by atoms with van der Waals surface area (Å²) in [6.07, 6.45) is 1.22. The zero-order valence-corrected chi connectivity index (χ0v) is 11.6. The lowest BCUT2D eigenvalue weighted by atomic mass is 10.1. The Balaban J connectivity index is 2.31. The van der Waals surface area contributed by atoms with Gasteiger partial charge < -0.3 is 5.32 Å². The summed E-state index contributed by atoms with van der Waals surface area (Å²) in [7, 11) is 0. The topological polar surface area (TPSA) is 12.0 Å². The average Bonchev–Trinajstić information content (AvgIpc) is 2.46. The third-order valence-electron chi connectivity index (χ3n) is 2.19. The number of nitrogens with one attached hydrogen (secondary N) is 1. The summed E-state index contributed by atoms with van der Waals surface area (Å²) in [4.78, 5) is 1.28. The minimum atomic E-state index is 0.744. The molecule has 1 atom stereocenters. The Bertz CT molecular complexity index is 268. The molecule has 1 nitrogen and oxygen atoms in total. The normalized spacial score (nSPS) is 13.1. The molecular formula is C10H15BrClNS. The van der Waals surface area contributed by atoms with Gasteiger partial charge in [0, 0.05) is 15.9 Å². The van der Waals surface area contributed by atoms with E-state index in [1.165, 1.54) is 11.3 Å². The van der Waals surface area contributed by atoms with Crippen molar-refractivity contribution in [2.75, 3.05) is 6.54 Å². The van der Waals surface area contributed by atoms with Gasteiger partial charge in [-0.2, -0.15) is 0 Å². The number of hydrogen-bond donors (Lipinski definition) is 1. The molecule has 80 valence electrons. The molecule has 0 saturated carbocycles. The Morgan fingerprint density at radius 3 is 2.86 bits per heavy atom. The molecule has 1 heterocycles. The summed E-state index contributed by atoms with van der Waals surface area (Å²) >= 11 is 11.0. The quantitative estimate of drug-likeness (QED) is 0.854. The Hall–Kier alpha value is 0.430. The third kappa shape index (κ3) is 3.89. The molecule has 0 radical (unpaired) electrons. The van der Waals surface area contributed by atoms with Crippen molar-refractivity contribution in [3.8, 4) is 0 Å². The van der Waals surface area contributed by atoms with E-state index in [1.807, 2.05) is 0 Å². The second-order valence-corrected chi connectivity index (χ2v) is 6.07. The maximum absolute atomic E-state index is 5.94. The zero-order chi connectivity index (χ0) is 10.6. The van der Waals surface area contributed by atoms with Gasteiger partial charge in [0.2, 0.25) is 0 Å². The van der Waals surface area contributed by atoms with Crippen molar-refractivity contribution < 1.29 is 0 Å². The summed E-state index contributed by atoms with van der Waals surface area (Å²) in [5.41, 5.74) is 0. The van der Waals surface area contributed by atoms with Crippen LogP contribution < -0.4 is 5.32 Å². The van der Waals surface area contributed by atoms with E-state index in [4.69, 9.17) is 11.6 Å². The summed E-state index contributed by atoms with van der Waals surface area (Å²) < 4.78 is 1.84. The molecule has 0 fully saturated rings. The van der Waals surface area contributed by atoms with Gasteiger partial charge in [0.25, 0.3) is 0 Å². The van der Waals surface area contributed by atoms with E-state index >= 15 is 0 Å². The Labute approximate surface area is 103 Å². The Kier molecular flexibility index (Phi) is 5.45. The monoisotopic (exact) mass is 295 g/mol. The van der Waals surface area contributed by atoms with Gasteiger partial charge in [-0.3, -0.25) is 0 Å². The SMILES string of the molecule is CCC(C)CNCc1cc(Br)c(Cl)s1. The van der Waals surface area contributed by atoms with Gasteiger partial charge in [0.1, 0.15) is 4.34 Å². The molecule has 0 aromatic carbocycles. The van der Waals surface area contributed by atoms with E-state index in [1.54, 1.807) is 11.3 Å². The average molecular weight is 297 g/mol. The highest BCUT2D eigenvalue weighted by Gasteiger charge is 2.04. The molecular weight excluding hydrogens is 282 g/mol. The van der Waals surface area contributed by atoms with Crippen molar-refractivity contribution in [3.05, 3.63) is 19.8 Å². The van der Waals surface area contributed by atoms with Crippen LogP contribution in [0.25, 0.3) is 0 Å². The van der Waals surface area contributed by atoms with Crippen LogP contribution in [0.1, 0.15) is 25.1 Å². The Morgan fingerprint density at radius 1 is 1.64 bits per heavy atom. The summed E-state index contributed by atoms with van der Waals surface area (Å²) in [6.45, 7) is 6.46. The van der Waals surface area contributed by atoms with Crippen molar-refractivity contribution in [2.45, 2.75) is 26.8 Å². The van der Waals surface area contributed by atoms with E-state index in [2.05, 4.69) is 41.2 Å². The Morgan fingerprint density at radius 2 is 2.36 bits per heavy atom. The van der Waals surface area contributed by atoms with Crippen molar-refractivity contribution >= 4 is 38.9 Å². The fraction of sp³-hybridized carbons (Fsp3) is 0.600. The molecule has 1 aromatic rings. The smallest absolute Gasteiger partial charge is 0.107 e. The zero-order valence-electron chi connectivity index (χ0n) is 8.44. The molecule has 1 N–H and O–H groups in total. The lowest BCUT2D eigenvalue weighted by Crippen LogP contribution is -2.19. The minimum absolute atomic E-state index is 0.744. The van der Waals surface area contributed by atoms with Gasteiger partial charge in [0.05, 0.1) is 0 Å². The predicted molar refractivity (Wildman–Crippen MR) is 68.2 cm³/mol. The first kappa shape index (κ1) is 12.5. The van der Waals surface area contributed by atoms with Crippen LogP contribution in [0.3, 0.4) is 0 Å². The third-order valence-corrected chi connectivity index (χ3v) is 4.66. The lowest BCUT2D eigenvalue weighted by molar-refractivity contribution is 0.501. The van der Waals surface area contributed by atoms with Crippen LogP contribution in [0.4, 0.5) is 0 Å². The first-order valence-electron chi connectivity index (χ1n) is 4.78. The first-order valence-corrected chi connectivity index (χ1v) is 6.76. The number of hydrogen-bond acceptors (Lipinski definition) is 2. The second-order valence-electron chi connectivity index (χ2n) is 3.48. The fourth-order valence-corrected chi connectivity index (χ4v) is 2.82. The van der Waals surface area contributed by atoms with Crippen LogP contribution in [0.15, 0.2) is 10.5 Å². The van der Waals surface area contributed by atoms with Crippen molar-refractivity contribution in [1.29, 1.82) is 0 Å².